The summed E-state index contributed by atoms with van der Waals surface area (Å²) in [6.45, 7) is 6.71. The molecular formula is C17H19IN2O3S. The van der Waals surface area contributed by atoms with Gasteiger partial charge in [-0.25, -0.2) is 8.42 Å². The van der Waals surface area contributed by atoms with E-state index in [1.807, 2.05) is 19.1 Å². The number of carbonyl (C=O) groups excluding carboxylic acids is 1. The van der Waals surface area contributed by atoms with Crippen LogP contribution >= 0.6 is 22.6 Å². The van der Waals surface area contributed by atoms with Gasteiger partial charge < -0.3 is 5.32 Å². The molecule has 0 aliphatic carbocycles. The van der Waals surface area contributed by atoms with E-state index in [0.29, 0.717) is 22.5 Å². The summed E-state index contributed by atoms with van der Waals surface area (Å²) in [5.74, 6) is -0.197. The Morgan fingerprint density at radius 2 is 1.58 bits per heavy atom. The van der Waals surface area contributed by atoms with Gasteiger partial charge >= 0.3 is 0 Å². The molecule has 0 atom stereocenters. The number of sulfonamides is 1. The zero-order valence-corrected chi connectivity index (χ0v) is 16.9. The molecule has 1 amide bonds. The molecule has 0 unspecified atom stereocenters. The van der Waals surface area contributed by atoms with Crippen molar-refractivity contribution in [2.24, 2.45) is 0 Å². The van der Waals surface area contributed by atoms with Gasteiger partial charge in [0.25, 0.3) is 10.0 Å². The van der Waals surface area contributed by atoms with Crippen LogP contribution in [0, 0.1) is 24.3 Å². The molecule has 0 heterocycles. The van der Waals surface area contributed by atoms with E-state index in [4.69, 9.17) is 0 Å². The van der Waals surface area contributed by atoms with Gasteiger partial charge in [-0.15, -0.1) is 0 Å². The highest BCUT2D eigenvalue weighted by molar-refractivity contribution is 14.1. The van der Waals surface area contributed by atoms with Crippen LogP contribution in [0.2, 0.25) is 0 Å². The van der Waals surface area contributed by atoms with E-state index >= 15 is 0 Å². The smallest absolute Gasteiger partial charge is 0.262 e. The average molecular weight is 458 g/mol. The van der Waals surface area contributed by atoms with Gasteiger partial charge in [-0.3, -0.25) is 9.52 Å². The van der Waals surface area contributed by atoms with E-state index in [0.717, 1.165) is 9.13 Å². The van der Waals surface area contributed by atoms with Crippen LogP contribution in [0.15, 0.2) is 35.2 Å². The Morgan fingerprint density at radius 3 is 2.08 bits per heavy atom. The predicted octanol–water partition coefficient (Wildman–Crippen LogP) is 3.98. The van der Waals surface area contributed by atoms with Crippen molar-refractivity contribution in [3.8, 4) is 0 Å². The van der Waals surface area contributed by atoms with Crippen molar-refractivity contribution < 1.29 is 13.2 Å². The van der Waals surface area contributed by atoms with Gasteiger partial charge in [0.15, 0.2) is 0 Å². The van der Waals surface area contributed by atoms with E-state index in [1.165, 1.54) is 6.92 Å². The molecule has 5 nitrogen and oxygen atoms in total. The third kappa shape index (κ3) is 4.27. The van der Waals surface area contributed by atoms with Gasteiger partial charge in [0, 0.05) is 16.2 Å². The number of halogens is 1. The number of amides is 1. The van der Waals surface area contributed by atoms with Gasteiger partial charge in [-0.1, -0.05) is 0 Å². The number of nitrogens with one attached hydrogen (secondary N) is 2. The minimum Gasteiger partial charge on any atom is -0.326 e. The second-order valence-electron chi connectivity index (χ2n) is 5.69. The summed E-state index contributed by atoms with van der Waals surface area (Å²) in [6.07, 6.45) is 0. The van der Waals surface area contributed by atoms with E-state index in [-0.39, 0.29) is 10.8 Å². The second kappa shape index (κ2) is 7.10. The molecule has 0 radical (unpaired) electrons. The summed E-state index contributed by atoms with van der Waals surface area (Å²) < 4.78 is 29.3. The van der Waals surface area contributed by atoms with Gasteiger partial charge in [-0.05, 0) is 90.4 Å². The Hall–Kier alpha value is -1.61. The molecule has 128 valence electrons. The number of anilines is 2. The minimum atomic E-state index is -3.72. The van der Waals surface area contributed by atoms with Crippen LogP contribution in [0.4, 0.5) is 11.4 Å². The monoisotopic (exact) mass is 458 g/mol. The molecule has 0 aliphatic heterocycles. The fraction of sp³-hybridized carbons (Fsp3) is 0.235. The summed E-state index contributed by atoms with van der Waals surface area (Å²) >= 11 is 2.18. The van der Waals surface area contributed by atoms with Crippen LogP contribution < -0.4 is 10.0 Å². The fourth-order valence-electron chi connectivity index (χ4n) is 2.59. The highest BCUT2D eigenvalue weighted by atomic mass is 127. The van der Waals surface area contributed by atoms with Crippen LogP contribution in [0.3, 0.4) is 0 Å². The average Bonchev–Trinajstić information content (AvgIpc) is 2.39. The third-order valence-corrected chi connectivity index (χ3v) is 5.82. The fourth-order valence-corrected chi connectivity index (χ4v) is 4.82. The summed E-state index contributed by atoms with van der Waals surface area (Å²) in [5, 5.41) is 2.68. The first-order chi connectivity index (χ1) is 11.1. The molecule has 2 aromatic carbocycles. The van der Waals surface area contributed by atoms with Crippen LogP contribution in [-0.2, 0) is 14.8 Å². The Balaban J connectivity index is 2.44. The molecule has 0 bridgehead atoms. The molecule has 0 aliphatic rings. The zero-order chi connectivity index (χ0) is 18.1. The molecule has 0 saturated carbocycles. The molecule has 2 N–H and O–H groups in total. The number of hydrogen-bond acceptors (Lipinski definition) is 3. The third-order valence-electron chi connectivity index (χ3n) is 3.48. The van der Waals surface area contributed by atoms with Crippen LogP contribution in [0.25, 0.3) is 0 Å². The van der Waals surface area contributed by atoms with Crippen molar-refractivity contribution in [1.29, 1.82) is 0 Å². The van der Waals surface area contributed by atoms with E-state index in [1.54, 1.807) is 32.0 Å². The largest absolute Gasteiger partial charge is 0.326 e. The lowest BCUT2D eigenvalue weighted by Gasteiger charge is -2.16. The summed E-state index contributed by atoms with van der Waals surface area (Å²) in [6, 6.07) is 8.83. The van der Waals surface area contributed by atoms with Crippen molar-refractivity contribution in [3.05, 3.63) is 50.6 Å². The van der Waals surface area contributed by atoms with Gasteiger partial charge in [-0.2, -0.15) is 0 Å². The van der Waals surface area contributed by atoms with Gasteiger partial charge in [0.1, 0.15) is 0 Å². The highest BCUT2D eigenvalue weighted by Crippen LogP contribution is 2.28. The molecule has 0 saturated heterocycles. The number of aryl methyl sites for hydroxylation is 3. The normalized spacial score (nSPS) is 11.2. The van der Waals surface area contributed by atoms with E-state index in [9.17, 15) is 13.2 Å². The van der Waals surface area contributed by atoms with Crippen LogP contribution in [0.5, 0.6) is 0 Å². The lowest BCUT2D eigenvalue weighted by atomic mass is 10.1. The van der Waals surface area contributed by atoms with E-state index < -0.39 is 10.0 Å². The molecule has 0 aromatic heterocycles. The molecule has 24 heavy (non-hydrogen) atoms. The number of rotatable bonds is 4. The Bertz CT molecular complexity index is 885. The zero-order valence-electron chi connectivity index (χ0n) is 13.9. The molecule has 0 fully saturated rings. The van der Waals surface area contributed by atoms with Crippen molar-refractivity contribution in [2.75, 3.05) is 10.0 Å². The highest BCUT2D eigenvalue weighted by Gasteiger charge is 2.21. The summed E-state index contributed by atoms with van der Waals surface area (Å²) in [5.41, 5.74) is 3.15. The van der Waals surface area contributed by atoms with Gasteiger partial charge in [0.05, 0.1) is 10.6 Å². The maximum atomic E-state index is 12.8. The first-order valence-corrected chi connectivity index (χ1v) is 9.84. The molecular weight excluding hydrogens is 439 g/mol. The van der Waals surface area contributed by atoms with Crippen molar-refractivity contribution in [2.45, 2.75) is 32.6 Å². The van der Waals surface area contributed by atoms with Crippen molar-refractivity contribution in [1.82, 2.24) is 0 Å². The Morgan fingerprint density at radius 1 is 1.00 bits per heavy atom. The minimum absolute atomic E-state index is 0.197. The molecule has 2 aromatic rings. The maximum Gasteiger partial charge on any atom is 0.262 e. The number of carbonyl (C=O) groups is 1. The topological polar surface area (TPSA) is 75.3 Å². The quantitative estimate of drug-likeness (QED) is 0.681. The molecule has 0 spiro atoms. The second-order valence-corrected chi connectivity index (χ2v) is 8.55. The van der Waals surface area contributed by atoms with E-state index in [2.05, 4.69) is 32.6 Å². The number of benzene rings is 2. The summed E-state index contributed by atoms with van der Waals surface area (Å²) in [4.78, 5) is 11.4. The first-order valence-electron chi connectivity index (χ1n) is 7.28. The molecule has 2 rings (SSSR count). The Kier molecular flexibility index (Phi) is 5.54. The van der Waals surface area contributed by atoms with Crippen molar-refractivity contribution >= 4 is 49.9 Å². The summed E-state index contributed by atoms with van der Waals surface area (Å²) in [7, 11) is -3.72. The lowest BCUT2D eigenvalue weighted by Crippen LogP contribution is -2.17. The first kappa shape index (κ1) is 18.7. The predicted molar refractivity (Wildman–Crippen MR) is 105 cm³/mol. The maximum absolute atomic E-state index is 12.8. The van der Waals surface area contributed by atoms with Crippen LogP contribution in [-0.4, -0.2) is 14.3 Å². The SMILES string of the molecule is CC(=O)Nc1cc(C)c(S(=O)(=O)Nc2ccc(I)cc2C)c(C)c1. The van der Waals surface area contributed by atoms with Crippen LogP contribution in [0.1, 0.15) is 23.6 Å². The lowest BCUT2D eigenvalue weighted by molar-refractivity contribution is -0.114. The van der Waals surface area contributed by atoms with Crippen molar-refractivity contribution in [3.63, 3.8) is 0 Å². The molecule has 7 heteroatoms. The Labute approximate surface area is 156 Å². The standard InChI is InChI=1S/C17H19IN2O3S/c1-10-7-14(18)5-6-16(10)20-24(22,23)17-11(2)8-15(9-12(17)3)19-13(4)21/h5-9,20H,1-4H3,(H,19,21). The number of hydrogen-bond donors (Lipinski definition) is 2. The van der Waals surface area contributed by atoms with Gasteiger partial charge in [0.2, 0.25) is 5.91 Å².